The Labute approximate surface area is 123 Å². The van der Waals surface area contributed by atoms with E-state index in [0.29, 0.717) is 4.47 Å². The number of hydrogen-bond acceptors (Lipinski definition) is 2. The lowest BCUT2D eigenvalue weighted by atomic mass is 10.2. The standard InChI is InChI=1S/C12H16Br2N2O2/c1-3-4-8(2)15-11(17)7-16-6-9(13)5-10(14)12(16)18/h5-6,8H,3-4,7H2,1-2H3,(H,15,17). The number of hydrogen-bond donors (Lipinski definition) is 1. The number of rotatable bonds is 5. The molecule has 1 amide bonds. The maximum atomic E-state index is 11.8. The average Bonchev–Trinajstić information content (AvgIpc) is 2.25. The Morgan fingerprint density at radius 1 is 1.50 bits per heavy atom. The Morgan fingerprint density at radius 3 is 2.78 bits per heavy atom. The number of nitrogens with zero attached hydrogens (tertiary/aromatic N) is 1. The van der Waals surface area contributed by atoms with Crippen molar-refractivity contribution in [1.82, 2.24) is 9.88 Å². The molecule has 1 aromatic heterocycles. The van der Waals surface area contributed by atoms with Crippen molar-refractivity contribution in [3.8, 4) is 0 Å². The molecule has 0 spiro atoms. The maximum absolute atomic E-state index is 11.8. The molecule has 1 heterocycles. The normalized spacial score (nSPS) is 12.2. The van der Waals surface area contributed by atoms with Gasteiger partial charge in [0.2, 0.25) is 5.91 Å². The minimum absolute atomic E-state index is 0.0327. The van der Waals surface area contributed by atoms with E-state index < -0.39 is 0 Å². The summed E-state index contributed by atoms with van der Waals surface area (Å²) in [6, 6.07) is 1.80. The van der Waals surface area contributed by atoms with Gasteiger partial charge in [-0.3, -0.25) is 9.59 Å². The van der Waals surface area contributed by atoms with Crippen LogP contribution in [0.5, 0.6) is 0 Å². The molecule has 0 radical (unpaired) electrons. The molecule has 1 atom stereocenters. The van der Waals surface area contributed by atoms with E-state index in [1.807, 2.05) is 6.92 Å². The third kappa shape index (κ3) is 4.57. The van der Waals surface area contributed by atoms with E-state index in [4.69, 9.17) is 0 Å². The van der Waals surface area contributed by atoms with Gasteiger partial charge in [0.15, 0.2) is 0 Å². The summed E-state index contributed by atoms with van der Waals surface area (Å²) in [7, 11) is 0. The van der Waals surface area contributed by atoms with Crippen LogP contribution in [0.1, 0.15) is 26.7 Å². The molecule has 4 nitrogen and oxygen atoms in total. The van der Waals surface area contributed by atoms with Gasteiger partial charge in [0.05, 0.1) is 4.47 Å². The molecule has 18 heavy (non-hydrogen) atoms. The predicted octanol–water partition coefficient (Wildman–Crippen LogP) is 2.68. The van der Waals surface area contributed by atoms with Gasteiger partial charge in [-0.2, -0.15) is 0 Å². The van der Waals surface area contributed by atoms with Crippen LogP contribution in [0.4, 0.5) is 0 Å². The highest BCUT2D eigenvalue weighted by Crippen LogP contribution is 2.12. The molecule has 1 rings (SSSR count). The van der Waals surface area contributed by atoms with Gasteiger partial charge in [-0.15, -0.1) is 0 Å². The number of carbonyl (C=O) groups is 1. The molecular weight excluding hydrogens is 364 g/mol. The van der Waals surface area contributed by atoms with Crippen LogP contribution in [-0.4, -0.2) is 16.5 Å². The van der Waals surface area contributed by atoms with Gasteiger partial charge in [0.1, 0.15) is 6.54 Å². The summed E-state index contributed by atoms with van der Waals surface area (Å²) in [6.07, 6.45) is 3.56. The molecule has 1 aromatic rings. The molecule has 0 bridgehead atoms. The Kier molecular flexibility index (Phi) is 6.08. The topological polar surface area (TPSA) is 51.1 Å². The van der Waals surface area contributed by atoms with E-state index in [2.05, 4.69) is 44.1 Å². The summed E-state index contributed by atoms with van der Waals surface area (Å²) in [6.45, 7) is 4.06. The van der Waals surface area contributed by atoms with E-state index in [1.165, 1.54) is 4.57 Å². The largest absolute Gasteiger partial charge is 0.352 e. The highest BCUT2D eigenvalue weighted by Gasteiger charge is 2.10. The second-order valence-electron chi connectivity index (χ2n) is 4.20. The Morgan fingerprint density at radius 2 is 2.17 bits per heavy atom. The zero-order valence-electron chi connectivity index (χ0n) is 10.4. The summed E-state index contributed by atoms with van der Waals surface area (Å²) in [4.78, 5) is 23.6. The van der Waals surface area contributed by atoms with Crippen molar-refractivity contribution in [3.05, 3.63) is 31.6 Å². The van der Waals surface area contributed by atoms with Crippen molar-refractivity contribution in [1.29, 1.82) is 0 Å². The summed E-state index contributed by atoms with van der Waals surface area (Å²) in [5, 5.41) is 2.87. The maximum Gasteiger partial charge on any atom is 0.265 e. The van der Waals surface area contributed by atoms with Crippen molar-refractivity contribution >= 4 is 37.8 Å². The van der Waals surface area contributed by atoms with Gasteiger partial charge >= 0.3 is 0 Å². The van der Waals surface area contributed by atoms with E-state index in [9.17, 15) is 9.59 Å². The molecule has 1 unspecified atom stereocenters. The molecule has 0 aliphatic heterocycles. The molecule has 6 heteroatoms. The molecule has 0 saturated heterocycles. The van der Waals surface area contributed by atoms with Crippen LogP contribution in [0.3, 0.4) is 0 Å². The highest BCUT2D eigenvalue weighted by atomic mass is 79.9. The van der Waals surface area contributed by atoms with E-state index >= 15 is 0 Å². The average molecular weight is 380 g/mol. The third-order valence-corrected chi connectivity index (χ3v) is 3.45. The smallest absolute Gasteiger partial charge is 0.265 e. The minimum Gasteiger partial charge on any atom is -0.352 e. The first-order chi connectivity index (χ1) is 8.43. The van der Waals surface area contributed by atoms with Crippen molar-refractivity contribution in [2.75, 3.05) is 0 Å². The predicted molar refractivity (Wildman–Crippen MR) is 78.6 cm³/mol. The van der Waals surface area contributed by atoms with Crippen molar-refractivity contribution in [2.45, 2.75) is 39.3 Å². The Hall–Kier alpha value is -0.620. The van der Waals surface area contributed by atoms with E-state index in [1.54, 1.807) is 12.3 Å². The lowest BCUT2D eigenvalue weighted by Gasteiger charge is -2.13. The number of halogens is 2. The number of aromatic nitrogens is 1. The molecule has 0 saturated carbocycles. The first kappa shape index (κ1) is 15.4. The third-order valence-electron chi connectivity index (χ3n) is 2.45. The molecule has 0 aliphatic rings. The van der Waals surface area contributed by atoms with Crippen LogP contribution in [0.25, 0.3) is 0 Å². The van der Waals surface area contributed by atoms with Crippen LogP contribution in [0.2, 0.25) is 0 Å². The second kappa shape index (κ2) is 7.09. The lowest BCUT2D eigenvalue weighted by molar-refractivity contribution is -0.122. The summed E-state index contributed by atoms with van der Waals surface area (Å²) < 4.78 is 2.57. The molecular formula is C12H16Br2N2O2. The summed E-state index contributed by atoms with van der Waals surface area (Å²) in [5.41, 5.74) is -0.212. The van der Waals surface area contributed by atoms with Crippen LogP contribution in [0.15, 0.2) is 26.0 Å². The minimum atomic E-state index is -0.212. The Bertz CT molecular complexity index is 485. The number of pyridine rings is 1. The lowest BCUT2D eigenvalue weighted by Crippen LogP contribution is -2.37. The van der Waals surface area contributed by atoms with Gasteiger partial charge in [0.25, 0.3) is 5.56 Å². The zero-order valence-corrected chi connectivity index (χ0v) is 13.5. The molecule has 0 fully saturated rings. The first-order valence-electron chi connectivity index (χ1n) is 5.79. The van der Waals surface area contributed by atoms with Gasteiger partial charge in [-0.25, -0.2) is 0 Å². The monoisotopic (exact) mass is 378 g/mol. The first-order valence-corrected chi connectivity index (χ1v) is 7.37. The van der Waals surface area contributed by atoms with Crippen molar-refractivity contribution < 1.29 is 4.79 Å². The van der Waals surface area contributed by atoms with Crippen LogP contribution < -0.4 is 10.9 Å². The Balaban J connectivity index is 2.73. The van der Waals surface area contributed by atoms with Gasteiger partial charge in [0, 0.05) is 16.7 Å². The van der Waals surface area contributed by atoms with Gasteiger partial charge in [-0.05, 0) is 51.3 Å². The van der Waals surface area contributed by atoms with Crippen LogP contribution in [-0.2, 0) is 11.3 Å². The van der Waals surface area contributed by atoms with Gasteiger partial charge in [-0.1, -0.05) is 13.3 Å². The zero-order chi connectivity index (χ0) is 13.7. The highest BCUT2D eigenvalue weighted by molar-refractivity contribution is 9.11. The summed E-state index contributed by atoms with van der Waals surface area (Å²) >= 11 is 6.46. The molecule has 0 aliphatic carbocycles. The van der Waals surface area contributed by atoms with Crippen molar-refractivity contribution in [3.63, 3.8) is 0 Å². The van der Waals surface area contributed by atoms with E-state index in [0.717, 1.165) is 17.3 Å². The van der Waals surface area contributed by atoms with Gasteiger partial charge < -0.3 is 9.88 Å². The fourth-order valence-electron chi connectivity index (χ4n) is 1.66. The molecule has 100 valence electrons. The second-order valence-corrected chi connectivity index (χ2v) is 5.97. The summed E-state index contributed by atoms with van der Waals surface area (Å²) in [5.74, 6) is -0.150. The number of amides is 1. The SMILES string of the molecule is CCCC(C)NC(=O)Cn1cc(Br)cc(Br)c1=O. The fraction of sp³-hybridized carbons (Fsp3) is 0.500. The number of carbonyl (C=O) groups excluding carboxylic acids is 1. The molecule has 0 aromatic carbocycles. The fourth-order valence-corrected chi connectivity index (χ4v) is 2.92. The quantitative estimate of drug-likeness (QED) is 0.854. The number of nitrogens with one attached hydrogen (secondary N) is 1. The van der Waals surface area contributed by atoms with Crippen LogP contribution in [0, 0.1) is 0 Å². The molecule has 1 N–H and O–H groups in total. The van der Waals surface area contributed by atoms with E-state index in [-0.39, 0.29) is 24.1 Å². The van der Waals surface area contributed by atoms with Crippen LogP contribution >= 0.6 is 31.9 Å². The van der Waals surface area contributed by atoms with Crippen molar-refractivity contribution in [2.24, 2.45) is 0 Å².